The van der Waals surface area contributed by atoms with Gasteiger partial charge in [0.1, 0.15) is 12.4 Å². The number of hydrogen-bond donors (Lipinski definition) is 1. The summed E-state index contributed by atoms with van der Waals surface area (Å²) < 4.78 is 5.86. The van der Waals surface area contributed by atoms with Crippen molar-refractivity contribution >= 4 is 0 Å². The number of benzene rings is 1. The molecule has 1 aromatic rings. The minimum atomic E-state index is 0.763. The fraction of sp³-hybridized carbons (Fsp3) is 0.667. The van der Waals surface area contributed by atoms with Crippen molar-refractivity contribution in [3.05, 3.63) is 29.8 Å². The first kappa shape index (κ1) is 18.0. The molecule has 0 spiro atoms. The van der Waals surface area contributed by atoms with Crippen molar-refractivity contribution in [1.29, 1.82) is 0 Å². The molecule has 3 heteroatoms. The molecule has 0 aliphatic carbocycles. The third kappa shape index (κ3) is 6.96. The lowest BCUT2D eigenvalue weighted by Crippen LogP contribution is -2.32. The minimum Gasteiger partial charge on any atom is -0.492 e. The van der Waals surface area contributed by atoms with E-state index >= 15 is 0 Å². The second-order valence-electron chi connectivity index (χ2n) is 5.60. The molecule has 0 atom stereocenters. The van der Waals surface area contributed by atoms with E-state index in [1.54, 1.807) is 0 Å². The Morgan fingerprint density at radius 2 is 1.76 bits per heavy atom. The fourth-order valence-corrected chi connectivity index (χ4v) is 2.49. The van der Waals surface area contributed by atoms with Crippen molar-refractivity contribution in [2.75, 3.05) is 33.3 Å². The zero-order valence-corrected chi connectivity index (χ0v) is 14.2. The molecule has 0 bridgehead atoms. The van der Waals surface area contributed by atoms with Crippen LogP contribution in [0.1, 0.15) is 39.2 Å². The molecule has 0 radical (unpaired) electrons. The van der Waals surface area contributed by atoms with Gasteiger partial charge in [-0.25, -0.2) is 0 Å². The molecule has 1 rings (SSSR count). The Labute approximate surface area is 130 Å². The Morgan fingerprint density at radius 3 is 2.29 bits per heavy atom. The SMILES string of the molecule is CCC(CC)CN(CC)CCOc1ccc(CNC)cc1. The number of ether oxygens (including phenoxy) is 1. The molecule has 0 unspecified atom stereocenters. The van der Waals surface area contributed by atoms with Gasteiger partial charge in [-0.3, -0.25) is 4.90 Å². The van der Waals surface area contributed by atoms with Crippen molar-refractivity contribution in [2.24, 2.45) is 5.92 Å². The molecule has 0 saturated carbocycles. The molecule has 0 saturated heterocycles. The lowest BCUT2D eigenvalue weighted by molar-refractivity contribution is 0.188. The molecule has 0 amide bonds. The Balaban J connectivity index is 2.33. The van der Waals surface area contributed by atoms with Crippen LogP contribution in [-0.4, -0.2) is 38.2 Å². The quantitative estimate of drug-likeness (QED) is 0.675. The summed E-state index contributed by atoms with van der Waals surface area (Å²) in [6.45, 7) is 11.8. The van der Waals surface area contributed by atoms with Gasteiger partial charge < -0.3 is 10.1 Å². The number of nitrogens with one attached hydrogen (secondary N) is 1. The maximum absolute atomic E-state index is 5.86. The average molecular weight is 292 g/mol. The first-order valence-electron chi connectivity index (χ1n) is 8.32. The van der Waals surface area contributed by atoms with Gasteiger partial charge in [-0.15, -0.1) is 0 Å². The molecule has 0 fully saturated rings. The molecule has 0 heterocycles. The molecular formula is C18H32N2O. The number of nitrogens with zero attached hydrogens (tertiary/aromatic N) is 1. The summed E-state index contributed by atoms with van der Waals surface area (Å²) in [7, 11) is 1.96. The van der Waals surface area contributed by atoms with Crippen LogP contribution < -0.4 is 10.1 Å². The summed E-state index contributed by atoms with van der Waals surface area (Å²) in [6, 6.07) is 8.36. The first-order chi connectivity index (χ1) is 10.2. The highest BCUT2D eigenvalue weighted by Gasteiger charge is 2.09. The molecule has 3 nitrogen and oxygen atoms in total. The van der Waals surface area contributed by atoms with Crippen molar-refractivity contribution in [3.63, 3.8) is 0 Å². The molecular weight excluding hydrogens is 260 g/mol. The van der Waals surface area contributed by atoms with Crippen molar-refractivity contribution in [1.82, 2.24) is 10.2 Å². The third-order valence-corrected chi connectivity index (χ3v) is 4.10. The molecule has 21 heavy (non-hydrogen) atoms. The minimum absolute atomic E-state index is 0.763. The van der Waals surface area contributed by atoms with E-state index in [1.807, 2.05) is 7.05 Å². The second-order valence-corrected chi connectivity index (χ2v) is 5.60. The predicted molar refractivity (Wildman–Crippen MR) is 90.9 cm³/mol. The smallest absolute Gasteiger partial charge is 0.119 e. The average Bonchev–Trinajstić information content (AvgIpc) is 2.52. The zero-order chi connectivity index (χ0) is 15.5. The van der Waals surface area contributed by atoms with E-state index in [0.29, 0.717) is 0 Å². The van der Waals surface area contributed by atoms with Gasteiger partial charge in [0.25, 0.3) is 0 Å². The van der Waals surface area contributed by atoms with E-state index in [2.05, 4.69) is 55.3 Å². The highest BCUT2D eigenvalue weighted by atomic mass is 16.5. The van der Waals surface area contributed by atoms with Gasteiger partial charge in [-0.1, -0.05) is 45.7 Å². The lowest BCUT2D eigenvalue weighted by Gasteiger charge is -2.25. The lowest BCUT2D eigenvalue weighted by atomic mass is 10.0. The van der Waals surface area contributed by atoms with Crippen LogP contribution >= 0.6 is 0 Å². The molecule has 1 N–H and O–H groups in total. The first-order valence-corrected chi connectivity index (χ1v) is 8.32. The molecule has 1 aromatic carbocycles. The van der Waals surface area contributed by atoms with E-state index < -0.39 is 0 Å². The summed E-state index contributed by atoms with van der Waals surface area (Å²) in [4.78, 5) is 2.49. The topological polar surface area (TPSA) is 24.5 Å². The van der Waals surface area contributed by atoms with Crippen LogP contribution in [0.15, 0.2) is 24.3 Å². The highest BCUT2D eigenvalue weighted by Crippen LogP contribution is 2.13. The highest BCUT2D eigenvalue weighted by molar-refractivity contribution is 5.27. The van der Waals surface area contributed by atoms with Crippen LogP contribution in [0.3, 0.4) is 0 Å². The van der Waals surface area contributed by atoms with E-state index in [9.17, 15) is 0 Å². The van der Waals surface area contributed by atoms with E-state index in [1.165, 1.54) is 24.9 Å². The zero-order valence-electron chi connectivity index (χ0n) is 14.2. The van der Waals surface area contributed by atoms with Gasteiger partial charge in [0.05, 0.1) is 0 Å². The maximum Gasteiger partial charge on any atom is 0.119 e. The summed E-state index contributed by atoms with van der Waals surface area (Å²) in [6.07, 6.45) is 2.53. The Kier molecular flexibility index (Phi) is 9.11. The van der Waals surface area contributed by atoms with E-state index in [0.717, 1.165) is 37.9 Å². The normalized spacial score (nSPS) is 11.3. The maximum atomic E-state index is 5.86. The summed E-state index contributed by atoms with van der Waals surface area (Å²) in [5.41, 5.74) is 1.29. The largest absolute Gasteiger partial charge is 0.492 e. The van der Waals surface area contributed by atoms with Crippen LogP contribution in [0.2, 0.25) is 0 Å². The van der Waals surface area contributed by atoms with E-state index in [-0.39, 0.29) is 0 Å². The number of likely N-dealkylation sites (N-methyl/N-ethyl adjacent to an activating group) is 1. The summed E-state index contributed by atoms with van der Waals surface area (Å²) in [5.74, 6) is 1.78. The molecule has 0 aliphatic heterocycles. The Morgan fingerprint density at radius 1 is 1.10 bits per heavy atom. The summed E-state index contributed by atoms with van der Waals surface area (Å²) in [5, 5.41) is 3.15. The van der Waals surface area contributed by atoms with Crippen molar-refractivity contribution in [3.8, 4) is 5.75 Å². The third-order valence-electron chi connectivity index (χ3n) is 4.10. The monoisotopic (exact) mass is 292 g/mol. The molecule has 0 aromatic heterocycles. The van der Waals surface area contributed by atoms with Crippen LogP contribution in [-0.2, 0) is 6.54 Å². The van der Waals surface area contributed by atoms with Crippen molar-refractivity contribution in [2.45, 2.75) is 40.2 Å². The second kappa shape index (κ2) is 10.6. The number of rotatable bonds is 11. The summed E-state index contributed by atoms with van der Waals surface area (Å²) >= 11 is 0. The Bertz CT molecular complexity index is 360. The van der Waals surface area contributed by atoms with Gasteiger partial charge in [-0.2, -0.15) is 0 Å². The van der Waals surface area contributed by atoms with Crippen LogP contribution in [0, 0.1) is 5.92 Å². The van der Waals surface area contributed by atoms with E-state index in [4.69, 9.17) is 4.74 Å². The van der Waals surface area contributed by atoms with Gasteiger partial charge in [0.2, 0.25) is 0 Å². The molecule has 120 valence electrons. The molecule has 0 aliphatic rings. The Hall–Kier alpha value is -1.06. The van der Waals surface area contributed by atoms with Crippen LogP contribution in [0.25, 0.3) is 0 Å². The van der Waals surface area contributed by atoms with Gasteiger partial charge in [-0.05, 0) is 37.2 Å². The van der Waals surface area contributed by atoms with Crippen LogP contribution in [0.4, 0.5) is 0 Å². The number of hydrogen-bond acceptors (Lipinski definition) is 3. The van der Waals surface area contributed by atoms with Gasteiger partial charge in [0.15, 0.2) is 0 Å². The van der Waals surface area contributed by atoms with Crippen molar-refractivity contribution < 1.29 is 4.74 Å². The standard InChI is InChI=1S/C18H32N2O/c1-5-16(6-2)15-20(7-3)12-13-21-18-10-8-17(9-11-18)14-19-4/h8-11,16,19H,5-7,12-15H2,1-4H3. The van der Waals surface area contributed by atoms with Gasteiger partial charge >= 0.3 is 0 Å². The fourth-order valence-electron chi connectivity index (χ4n) is 2.49. The van der Waals surface area contributed by atoms with Crippen LogP contribution in [0.5, 0.6) is 5.75 Å². The predicted octanol–water partition coefficient (Wildman–Crippen LogP) is 3.54. The van der Waals surface area contributed by atoms with Gasteiger partial charge in [0, 0.05) is 19.6 Å².